The Morgan fingerprint density at radius 3 is 2.70 bits per heavy atom. The number of aliphatic hydroxyl groups excluding tert-OH is 3. The van der Waals surface area contributed by atoms with Gasteiger partial charge in [-0.05, 0) is 6.92 Å². The van der Waals surface area contributed by atoms with E-state index >= 15 is 0 Å². The van der Waals surface area contributed by atoms with Crippen molar-refractivity contribution in [2.24, 2.45) is 0 Å². The first kappa shape index (κ1) is 14.7. The van der Waals surface area contributed by atoms with Crippen molar-refractivity contribution < 1.29 is 34.7 Å². The second kappa shape index (κ2) is 5.75. The van der Waals surface area contributed by atoms with Gasteiger partial charge in [-0.2, -0.15) is 4.98 Å². The number of hydrogen-bond acceptors (Lipinski definition) is 8. The second-order valence-corrected chi connectivity index (χ2v) is 4.30. The molecule has 1 aromatic heterocycles. The average Bonchev–Trinajstić information content (AvgIpc) is 2.92. The van der Waals surface area contributed by atoms with E-state index in [-0.39, 0.29) is 18.1 Å². The van der Waals surface area contributed by atoms with Crippen LogP contribution in [0.2, 0.25) is 0 Å². The Bertz CT molecular complexity index is 489. The number of ether oxygens (including phenoxy) is 2. The maximum absolute atomic E-state index is 11.5. The molecular weight excluding hydrogens is 272 g/mol. The van der Waals surface area contributed by atoms with Gasteiger partial charge in [-0.3, -0.25) is 0 Å². The second-order valence-electron chi connectivity index (χ2n) is 4.30. The van der Waals surface area contributed by atoms with E-state index in [0.717, 1.165) is 0 Å². The fourth-order valence-corrected chi connectivity index (χ4v) is 1.99. The number of nitrogens with zero attached hydrogens (tertiary/aromatic N) is 1. The van der Waals surface area contributed by atoms with Crippen LogP contribution in [0.1, 0.15) is 29.3 Å². The summed E-state index contributed by atoms with van der Waals surface area (Å²) in [4.78, 5) is 17.7. The van der Waals surface area contributed by atoms with Crippen LogP contribution in [0.5, 0.6) is 5.88 Å². The number of rotatable bonds is 4. The van der Waals surface area contributed by atoms with Gasteiger partial charge < -0.3 is 34.9 Å². The summed E-state index contributed by atoms with van der Waals surface area (Å²) < 4.78 is 9.93. The summed E-state index contributed by atoms with van der Waals surface area (Å²) in [6, 6.07) is 0. The van der Waals surface area contributed by atoms with E-state index in [9.17, 15) is 20.1 Å². The minimum Gasteiger partial charge on any atom is -0.492 e. The molecular formula is C11H16N2O7. The molecule has 20 heavy (non-hydrogen) atoms. The standard InChI is InChI=1S/C11H16N2O7/c1-2-19-11(18)5-10(17)13-9(12-5)8-7(16)6(15)4(3-14)20-8/h4,6-8,14-17H,2-3H2,1H3,(H,12,13). The monoisotopic (exact) mass is 288 g/mol. The third-order valence-electron chi connectivity index (χ3n) is 2.99. The van der Waals surface area contributed by atoms with E-state index in [0.29, 0.717) is 0 Å². The molecule has 4 unspecified atom stereocenters. The highest BCUT2D eigenvalue weighted by Gasteiger charge is 2.45. The maximum atomic E-state index is 11.5. The first-order valence-corrected chi connectivity index (χ1v) is 6.08. The van der Waals surface area contributed by atoms with Crippen molar-refractivity contribution in [2.45, 2.75) is 31.3 Å². The summed E-state index contributed by atoms with van der Waals surface area (Å²) in [5.74, 6) is -1.42. The minimum absolute atomic E-state index is 0.0342. The van der Waals surface area contributed by atoms with Gasteiger partial charge in [0.05, 0.1) is 13.2 Å². The number of carbonyl (C=O) groups excluding carboxylic acids is 1. The Balaban J connectivity index is 2.22. The molecule has 0 radical (unpaired) electrons. The molecule has 1 fully saturated rings. The molecule has 2 heterocycles. The lowest BCUT2D eigenvalue weighted by Crippen LogP contribution is -2.32. The zero-order valence-corrected chi connectivity index (χ0v) is 10.7. The SMILES string of the molecule is CCOC(=O)c1[nH]c(C2OC(CO)C(O)C2O)nc1O. The Labute approximate surface area is 113 Å². The van der Waals surface area contributed by atoms with Crippen molar-refractivity contribution >= 4 is 5.97 Å². The highest BCUT2D eigenvalue weighted by atomic mass is 16.6. The number of esters is 1. The quantitative estimate of drug-likeness (QED) is 0.418. The topological polar surface area (TPSA) is 145 Å². The maximum Gasteiger partial charge on any atom is 0.360 e. The Morgan fingerprint density at radius 1 is 1.45 bits per heavy atom. The van der Waals surface area contributed by atoms with Crippen molar-refractivity contribution in [3.05, 3.63) is 11.5 Å². The van der Waals surface area contributed by atoms with Crippen molar-refractivity contribution in [3.8, 4) is 5.88 Å². The van der Waals surface area contributed by atoms with Crippen molar-refractivity contribution in [1.29, 1.82) is 0 Å². The third kappa shape index (κ3) is 2.48. The number of aliphatic hydroxyl groups is 3. The lowest BCUT2D eigenvalue weighted by Gasteiger charge is -2.11. The zero-order valence-electron chi connectivity index (χ0n) is 10.7. The fraction of sp³-hybridized carbons (Fsp3) is 0.636. The van der Waals surface area contributed by atoms with Crippen LogP contribution in [0.3, 0.4) is 0 Å². The predicted octanol–water partition coefficient (Wildman–Crippen LogP) is -1.55. The van der Waals surface area contributed by atoms with Crippen LogP contribution in [0.25, 0.3) is 0 Å². The van der Waals surface area contributed by atoms with Gasteiger partial charge in [-0.15, -0.1) is 0 Å². The van der Waals surface area contributed by atoms with Crippen LogP contribution in [0.4, 0.5) is 0 Å². The van der Waals surface area contributed by atoms with Gasteiger partial charge in [-0.25, -0.2) is 4.79 Å². The molecule has 9 heteroatoms. The van der Waals surface area contributed by atoms with Crippen LogP contribution in [0.15, 0.2) is 0 Å². The summed E-state index contributed by atoms with van der Waals surface area (Å²) in [6.07, 6.45) is -4.68. The molecule has 2 rings (SSSR count). The Morgan fingerprint density at radius 2 is 2.15 bits per heavy atom. The molecule has 1 aliphatic heterocycles. The van der Waals surface area contributed by atoms with Gasteiger partial charge in [0.25, 0.3) is 0 Å². The first-order chi connectivity index (χ1) is 9.49. The fourth-order valence-electron chi connectivity index (χ4n) is 1.99. The van der Waals surface area contributed by atoms with Crippen molar-refractivity contribution in [1.82, 2.24) is 9.97 Å². The molecule has 1 aromatic rings. The molecule has 1 aliphatic rings. The summed E-state index contributed by atoms with van der Waals surface area (Å²) in [5, 5.41) is 38.0. The van der Waals surface area contributed by atoms with Gasteiger partial charge in [0.1, 0.15) is 30.2 Å². The lowest BCUT2D eigenvalue weighted by molar-refractivity contribution is -0.0251. The minimum atomic E-state index is -1.34. The molecule has 0 aliphatic carbocycles. The molecule has 0 aromatic carbocycles. The molecule has 0 amide bonds. The van der Waals surface area contributed by atoms with Crippen molar-refractivity contribution in [2.75, 3.05) is 13.2 Å². The smallest absolute Gasteiger partial charge is 0.360 e. The van der Waals surface area contributed by atoms with Gasteiger partial charge in [0.15, 0.2) is 5.69 Å². The van der Waals surface area contributed by atoms with Gasteiger partial charge >= 0.3 is 5.97 Å². The van der Waals surface area contributed by atoms with Crippen LogP contribution >= 0.6 is 0 Å². The van der Waals surface area contributed by atoms with E-state index < -0.39 is 42.9 Å². The van der Waals surface area contributed by atoms with E-state index in [1.807, 2.05) is 0 Å². The average molecular weight is 288 g/mol. The van der Waals surface area contributed by atoms with E-state index in [4.69, 9.17) is 14.6 Å². The van der Waals surface area contributed by atoms with Gasteiger partial charge in [0, 0.05) is 0 Å². The van der Waals surface area contributed by atoms with Crippen LogP contribution < -0.4 is 0 Å². The van der Waals surface area contributed by atoms with Crippen LogP contribution in [0, 0.1) is 0 Å². The van der Waals surface area contributed by atoms with Gasteiger partial charge in [-0.1, -0.05) is 0 Å². The number of H-pyrrole nitrogens is 1. The summed E-state index contributed by atoms with van der Waals surface area (Å²) in [6.45, 7) is 1.25. The zero-order chi connectivity index (χ0) is 14.9. The highest BCUT2D eigenvalue weighted by molar-refractivity contribution is 5.89. The molecule has 0 saturated carbocycles. The molecule has 4 atom stereocenters. The van der Waals surface area contributed by atoms with Crippen molar-refractivity contribution in [3.63, 3.8) is 0 Å². The Kier molecular flexibility index (Phi) is 4.23. The molecule has 0 bridgehead atoms. The summed E-state index contributed by atoms with van der Waals surface area (Å²) in [5.41, 5.74) is -0.264. The number of aromatic nitrogens is 2. The van der Waals surface area contributed by atoms with E-state index in [2.05, 4.69) is 9.97 Å². The molecule has 5 N–H and O–H groups in total. The molecule has 9 nitrogen and oxygen atoms in total. The summed E-state index contributed by atoms with van der Waals surface area (Å²) in [7, 11) is 0. The largest absolute Gasteiger partial charge is 0.492 e. The molecule has 112 valence electrons. The highest BCUT2D eigenvalue weighted by Crippen LogP contribution is 2.33. The molecule has 0 spiro atoms. The predicted molar refractivity (Wildman–Crippen MR) is 62.9 cm³/mol. The Hall–Kier alpha value is -1.68. The van der Waals surface area contributed by atoms with Crippen LogP contribution in [-0.2, 0) is 9.47 Å². The van der Waals surface area contributed by atoms with E-state index in [1.165, 1.54) is 0 Å². The number of aromatic amines is 1. The number of nitrogens with one attached hydrogen (secondary N) is 1. The van der Waals surface area contributed by atoms with Gasteiger partial charge in [0.2, 0.25) is 5.88 Å². The number of imidazole rings is 1. The number of aromatic hydroxyl groups is 1. The molecule has 1 saturated heterocycles. The summed E-state index contributed by atoms with van der Waals surface area (Å²) >= 11 is 0. The number of carbonyl (C=O) groups is 1. The number of hydrogen-bond donors (Lipinski definition) is 5. The first-order valence-electron chi connectivity index (χ1n) is 6.08. The lowest BCUT2D eigenvalue weighted by atomic mass is 10.1. The van der Waals surface area contributed by atoms with E-state index in [1.54, 1.807) is 6.92 Å². The normalized spacial score (nSPS) is 29.6. The third-order valence-corrected chi connectivity index (χ3v) is 2.99. The van der Waals surface area contributed by atoms with Crippen LogP contribution in [-0.4, -0.2) is 67.9 Å².